The van der Waals surface area contributed by atoms with Crippen LogP contribution in [0.5, 0.6) is 0 Å². The lowest BCUT2D eigenvalue weighted by molar-refractivity contribution is 0.721. The molecule has 0 unspecified atom stereocenters. The fourth-order valence-electron chi connectivity index (χ4n) is 1.78. The van der Waals surface area contributed by atoms with Crippen molar-refractivity contribution in [1.82, 2.24) is 20.3 Å². The van der Waals surface area contributed by atoms with Crippen molar-refractivity contribution in [3.8, 4) is 11.4 Å². The lowest BCUT2D eigenvalue weighted by atomic mass is 10.1. The molecule has 0 fully saturated rings. The van der Waals surface area contributed by atoms with E-state index < -0.39 is 0 Å². The molecule has 0 aliphatic rings. The summed E-state index contributed by atoms with van der Waals surface area (Å²) in [5.41, 5.74) is 3.35. The summed E-state index contributed by atoms with van der Waals surface area (Å²) in [7, 11) is 0. The summed E-state index contributed by atoms with van der Waals surface area (Å²) in [6, 6.07) is 1.97. The Morgan fingerprint density at radius 2 is 1.89 bits per heavy atom. The molecule has 4 heteroatoms. The van der Waals surface area contributed by atoms with Crippen LogP contribution in [0, 0.1) is 0 Å². The van der Waals surface area contributed by atoms with Crippen molar-refractivity contribution >= 4 is 0 Å². The molecule has 18 heavy (non-hydrogen) atoms. The molecular formula is C14H18N4. The molecular weight excluding hydrogens is 224 g/mol. The smallest absolute Gasteiger partial charge is 0.159 e. The monoisotopic (exact) mass is 242 g/mol. The average Bonchev–Trinajstić information content (AvgIpc) is 2.45. The van der Waals surface area contributed by atoms with E-state index in [9.17, 15) is 0 Å². The standard InChI is InChI=1S/C14H18N4/c1-3-12-10-16-6-5-13(12)14-17-8-11(9-18-14)7-15-4-2/h5-6,8-10,15H,3-4,7H2,1-2H3. The Hall–Kier alpha value is -1.81. The summed E-state index contributed by atoms with van der Waals surface area (Å²) in [5.74, 6) is 0.773. The molecule has 2 heterocycles. The van der Waals surface area contributed by atoms with Gasteiger partial charge in [0.15, 0.2) is 5.82 Å². The second kappa shape index (κ2) is 6.21. The highest BCUT2D eigenvalue weighted by atomic mass is 14.9. The molecule has 2 aromatic rings. The highest BCUT2D eigenvalue weighted by Gasteiger charge is 2.06. The van der Waals surface area contributed by atoms with Gasteiger partial charge in [0.1, 0.15) is 0 Å². The molecule has 0 aliphatic heterocycles. The van der Waals surface area contributed by atoms with Crippen LogP contribution in [-0.4, -0.2) is 21.5 Å². The maximum Gasteiger partial charge on any atom is 0.159 e. The molecule has 0 aliphatic carbocycles. The molecule has 2 rings (SSSR count). The minimum absolute atomic E-state index is 0.773. The Balaban J connectivity index is 2.23. The summed E-state index contributed by atoms with van der Waals surface area (Å²) >= 11 is 0. The summed E-state index contributed by atoms with van der Waals surface area (Å²) < 4.78 is 0. The number of aryl methyl sites for hydroxylation is 1. The molecule has 0 bridgehead atoms. The Labute approximate surface area is 108 Å². The summed E-state index contributed by atoms with van der Waals surface area (Å²) in [5, 5.41) is 3.26. The van der Waals surface area contributed by atoms with Crippen molar-refractivity contribution in [3.63, 3.8) is 0 Å². The lowest BCUT2D eigenvalue weighted by Gasteiger charge is -2.06. The predicted molar refractivity (Wildman–Crippen MR) is 72.0 cm³/mol. The van der Waals surface area contributed by atoms with Crippen molar-refractivity contribution in [1.29, 1.82) is 0 Å². The highest BCUT2D eigenvalue weighted by Crippen LogP contribution is 2.19. The van der Waals surface area contributed by atoms with E-state index in [1.165, 1.54) is 5.56 Å². The predicted octanol–water partition coefficient (Wildman–Crippen LogP) is 2.21. The van der Waals surface area contributed by atoms with Crippen molar-refractivity contribution < 1.29 is 0 Å². The lowest BCUT2D eigenvalue weighted by Crippen LogP contribution is -2.12. The number of pyridine rings is 1. The van der Waals surface area contributed by atoms with Gasteiger partial charge < -0.3 is 5.32 Å². The molecule has 0 aromatic carbocycles. The first kappa shape index (κ1) is 12.6. The largest absolute Gasteiger partial charge is 0.313 e. The topological polar surface area (TPSA) is 50.7 Å². The minimum Gasteiger partial charge on any atom is -0.313 e. The number of hydrogen-bond acceptors (Lipinski definition) is 4. The van der Waals surface area contributed by atoms with E-state index in [0.717, 1.165) is 36.5 Å². The quantitative estimate of drug-likeness (QED) is 0.873. The number of nitrogens with one attached hydrogen (secondary N) is 1. The first-order chi connectivity index (χ1) is 8.85. The van der Waals surface area contributed by atoms with Crippen LogP contribution in [0.3, 0.4) is 0 Å². The van der Waals surface area contributed by atoms with Gasteiger partial charge in [-0.15, -0.1) is 0 Å². The molecule has 1 N–H and O–H groups in total. The zero-order chi connectivity index (χ0) is 12.8. The van der Waals surface area contributed by atoms with Gasteiger partial charge in [-0.3, -0.25) is 4.98 Å². The summed E-state index contributed by atoms with van der Waals surface area (Å²) in [6.45, 7) is 5.96. The van der Waals surface area contributed by atoms with Crippen LogP contribution < -0.4 is 5.32 Å². The van der Waals surface area contributed by atoms with Crippen LogP contribution in [0.1, 0.15) is 25.0 Å². The fraction of sp³-hybridized carbons (Fsp3) is 0.357. The van der Waals surface area contributed by atoms with Gasteiger partial charge in [-0.25, -0.2) is 9.97 Å². The van der Waals surface area contributed by atoms with Crippen molar-refractivity contribution in [2.75, 3.05) is 6.54 Å². The normalized spacial score (nSPS) is 10.6. The zero-order valence-corrected chi connectivity index (χ0v) is 10.8. The SMILES string of the molecule is CCNCc1cnc(-c2ccncc2CC)nc1. The Morgan fingerprint density at radius 3 is 2.56 bits per heavy atom. The van der Waals surface area contributed by atoms with E-state index in [-0.39, 0.29) is 0 Å². The third-order valence-electron chi connectivity index (χ3n) is 2.81. The number of nitrogens with zero attached hydrogens (tertiary/aromatic N) is 3. The molecule has 0 radical (unpaired) electrons. The van der Waals surface area contributed by atoms with E-state index in [0.29, 0.717) is 0 Å². The third-order valence-corrected chi connectivity index (χ3v) is 2.81. The summed E-state index contributed by atoms with van der Waals surface area (Å²) in [6.07, 6.45) is 8.36. The van der Waals surface area contributed by atoms with Crippen LogP contribution >= 0.6 is 0 Å². The molecule has 0 saturated heterocycles. The first-order valence-electron chi connectivity index (χ1n) is 6.30. The third kappa shape index (κ3) is 2.90. The van der Waals surface area contributed by atoms with Crippen LogP contribution in [0.2, 0.25) is 0 Å². The number of hydrogen-bond donors (Lipinski definition) is 1. The van der Waals surface area contributed by atoms with Gasteiger partial charge in [0.25, 0.3) is 0 Å². The Bertz CT molecular complexity index is 493. The molecule has 0 saturated carbocycles. The average molecular weight is 242 g/mol. The fourth-order valence-corrected chi connectivity index (χ4v) is 1.78. The van der Waals surface area contributed by atoms with Crippen molar-refractivity contribution in [3.05, 3.63) is 42.0 Å². The maximum absolute atomic E-state index is 4.43. The number of rotatable bonds is 5. The molecule has 0 spiro atoms. The van der Waals surface area contributed by atoms with E-state index in [4.69, 9.17) is 0 Å². The van der Waals surface area contributed by atoms with Gasteiger partial charge in [0, 0.05) is 42.5 Å². The second-order valence-electron chi connectivity index (χ2n) is 4.08. The molecule has 0 atom stereocenters. The van der Waals surface area contributed by atoms with Crippen LogP contribution in [0.25, 0.3) is 11.4 Å². The van der Waals surface area contributed by atoms with Crippen molar-refractivity contribution in [2.45, 2.75) is 26.8 Å². The van der Waals surface area contributed by atoms with Gasteiger partial charge >= 0.3 is 0 Å². The van der Waals surface area contributed by atoms with E-state index >= 15 is 0 Å². The molecule has 4 nitrogen and oxygen atoms in total. The molecule has 94 valence electrons. The molecule has 0 amide bonds. The maximum atomic E-state index is 4.43. The van der Waals surface area contributed by atoms with E-state index in [1.807, 2.05) is 24.7 Å². The number of aromatic nitrogens is 3. The van der Waals surface area contributed by atoms with Crippen molar-refractivity contribution in [2.24, 2.45) is 0 Å². The second-order valence-corrected chi connectivity index (χ2v) is 4.08. The first-order valence-corrected chi connectivity index (χ1v) is 6.30. The highest BCUT2D eigenvalue weighted by molar-refractivity contribution is 5.58. The van der Waals surface area contributed by atoms with Gasteiger partial charge in [-0.2, -0.15) is 0 Å². The molecule has 2 aromatic heterocycles. The van der Waals surface area contributed by atoms with Crippen LogP contribution in [0.4, 0.5) is 0 Å². The minimum atomic E-state index is 0.773. The zero-order valence-electron chi connectivity index (χ0n) is 10.8. The van der Waals surface area contributed by atoms with Gasteiger partial charge in [0.2, 0.25) is 0 Å². The Morgan fingerprint density at radius 1 is 1.11 bits per heavy atom. The van der Waals surface area contributed by atoms with Gasteiger partial charge in [0.05, 0.1) is 0 Å². The van der Waals surface area contributed by atoms with Gasteiger partial charge in [-0.1, -0.05) is 13.8 Å². The Kier molecular flexibility index (Phi) is 4.36. The van der Waals surface area contributed by atoms with Gasteiger partial charge in [-0.05, 0) is 24.6 Å². The van der Waals surface area contributed by atoms with Crippen LogP contribution in [-0.2, 0) is 13.0 Å². The van der Waals surface area contributed by atoms with Crippen LogP contribution in [0.15, 0.2) is 30.9 Å². The van der Waals surface area contributed by atoms with E-state index in [1.54, 1.807) is 6.20 Å². The van der Waals surface area contributed by atoms with E-state index in [2.05, 4.69) is 34.1 Å². The summed E-state index contributed by atoms with van der Waals surface area (Å²) in [4.78, 5) is 13.0.